The van der Waals surface area contributed by atoms with Gasteiger partial charge in [0, 0.05) is 24.6 Å². The largest absolute Gasteiger partial charge is 0.497 e. The number of likely N-dealkylation sites (tertiary alicyclic amines) is 1. The van der Waals surface area contributed by atoms with Gasteiger partial charge in [0.25, 0.3) is 0 Å². The lowest BCUT2D eigenvalue weighted by molar-refractivity contribution is -0.00794. The average molecular weight is 343 g/mol. The van der Waals surface area contributed by atoms with Crippen molar-refractivity contribution in [2.24, 2.45) is 11.8 Å². The number of aliphatic hydroxyl groups is 1. The van der Waals surface area contributed by atoms with Crippen molar-refractivity contribution < 1.29 is 19.4 Å². The van der Waals surface area contributed by atoms with E-state index >= 15 is 0 Å². The molecule has 0 aromatic heterocycles. The van der Waals surface area contributed by atoms with E-state index in [1.54, 1.807) is 18.9 Å². The molecule has 1 amide bonds. The Labute approximate surface area is 148 Å². The summed E-state index contributed by atoms with van der Waals surface area (Å²) in [5.41, 5.74) is -0.247. The van der Waals surface area contributed by atoms with Gasteiger partial charge in [-0.1, -0.05) is 17.9 Å². The van der Waals surface area contributed by atoms with Crippen LogP contribution in [-0.2, 0) is 4.74 Å². The van der Waals surface area contributed by atoms with Crippen LogP contribution in [0.5, 0.6) is 5.75 Å². The van der Waals surface area contributed by atoms with E-state index in [1.165, 1.54) is 0 Å². The van der Waals surface area contributed by atoms with Crippen LogP contribution in [0, 0.1) is 23.7 Å². The molecule has 1 saturated heterocycles. The quantitative estimate of drug-likeness (QED) is 0.839. The minimum absolute atomic E-state index is 0.0243. The summed E-state index contributed by atoms with van der Waals surface area (Å²) in [4.78, 5) is 13.7. The van der Waals surface area contributed by atoms with E-state index in [9.17, 15) is 9.90 Å². The van der Waals surface area contributed by atoms with Crippen LogP contribution < -0.4 is 4.74 Å². The molecule has 25 heavy (non-hydrogen) atoms. The fourth-order valence-corrected chi connectivity index (χ4v) is 3.92. The second kappa shape index (κ2) is 7.37. The monoisotopic (exact) mass is 343 g/mol. The number of fused-ring (bicyclic) bond motifs is 1. The first-order valence-corrected chi connectivity index (χ1v) is 8.87. The molecular weight excluding hydrogens is 318 g/mol. The Morgan fingerprint density at radius 3 is 3.04 bits per heavy atom. The molecule has 1 heterocycles. The third-order valence-corrected chi connectivity index (χ3v) is 5.21. The van der Waals surface area contributed by atoms with Crippen LogP contribution in [0.25, 0.3) is 0 Å². The standard InChI is InChI=1S/C20H25NO4/c1-3-25-19(22)21-13-16-7-5-10-20(23,18(16)14-21)11-9-15-6-4-8-17(12-15)24-2/h4,6,8,12,16,18,23H,3,5,7,10,13-14H2,1-2H3/t16?,18-,20?/m0/s1. The number of benzene rings is 1. The molecule has 1 saturated carbocycles. The first kappa shape index (κ1) is 17.6. The van der Waals surface area contributed by atoms with Crippen molar-refractivity contribution in [3.8, 4) is 17.6 Å². The van der Waals surface area contributed by atoms with Crippen LogP contribution >= 0.6 is 0 Å². The summed E-state index contributed by atoms with van der Waals surface area (Å²) in [6.07, 6.45) is 2.28. The number of carbonyl (C=O) groups is 1. The van der Waals surface area contributed by atoms with Gasteiger partial charge in [-0.3, -0.25) is 0 Å². The summed E-state index contributed by atoms with van der Waals surface area (Å²) in [6, 6.07) is 7.51. The van der Waals surface area contributed by atoms with Crippen molar-refractivity contribution in [2.45, 2.75) is 31.8 Å². The number of methoxy groups -OCH3 is 1. The topological polar surface area (TPSA) is 59.0 Å². The maximum Gasteiger partial charge on any atom is 0.409 e. The fourth-order valence-electron chi connectivity index (χ4n) is 3.92. The van der Waals surface area contributed by atoms with Crippen LogP contribution in [0.2, 0.25) is 0 Å². The van der Waals surface area contributed by atoms with E-state index in [4.69, 9.17) is 9.47 Å². The van der Waals surface area contributed by atoms with Crippen molar-refractivity contribution in [3.63, 3.8) is 0 Å². The lowest BCUT2D eigenvalue weighted by Crippen LogP contribution is -2.44. The van der Waals surface area contributed by atoms with Gasteiger partial charge >= 0.3 is 6.09 Å². The van der Waals surface area contributed by atoms with Gasteiger partial charge in [0.15, 0.2) is 0 Å². The second-order valence-corrected chi connectivity index (χ2v) is 6.77. The van der Waals surface area contributed by atoms with Crippen molar-refractivity contribution in [3.05, 3.63) is 29.8 Å². The molecule has 1 aromatic rings. The molecule has 0 spiro atoms. The summed E-state index contributed by atoms with van der Waals surface area (Å²) in [5.74, 6) is 7.20. The maximum absolute atomic E-state index is 12.0. The minimum atomic E-state index is -1.06. The highest BCUT2D eigenvalue weighted by molar-refractivity contribution is 5.68. The SMILES string of the molecule is CCOC(=O)N1CC2CCCC(O)(C#Cc3cccc(OC)c3)[C@H]2C1. The highest BCUT2D eigenvalue weighted by atomic mass is 16.6. The molecule has 1 aliphatic carbocycles. The maximum atomic E-state index is 12.0. The van der Waals surface area contributed by atoms with E-state index in [1.807, 2.05) is 24.3 Å². The van der Waals surface area contributed by atoms with Crippen molar-refractivity contribution in [2.75, 3.05) is 26.8 Å². The number of hydrogen-bond donors (Lipinski definition) is 1. The van der Waals surface area contributed by atoms with Gasteiger partial charge in [-0.25, -0.2) is 4.79 Å². The van der Waals surface area contributed by atoms with Gasteiger partial charge in [-0.05, 0) is 50.3 Å². The minimum Gasteiger partial charge on any atom is -0.497 e. The van der Waals surface area contributed by atoms with Gasteiger partial charge in [-0.15, -0.1) is 0 Å². The molecule has 5 nitrogen and oxygen atoms in total. The summed E-state index contributed by atoms with van der Waals surface area (Å²) < 4.78 is 10.3. The van der Waals surface area contributed by atoms with Gasteiger partial charge in [-0.2, -0.15) is 0 Å². The highest BCUT2D eigenvalue weighted by Crippen LogP contribution is 2.42. The number of amides is 1. The highest BCUT2D eigenvalue weighted by Gasteiger charge is 2.49. The predicted octanol–water partition coefficient (Wildman–Crippen LogP) is 2.67. The summed E-state index contributed by atoms with van der Waals surface area (Å²) in [5, 5.41) is 11.2. The average Bonchev–Trinajstić information content (AvgIpc) is 3.07. The second-order valence-electron chi connectivity index (χ2n) is 6.77. The molecule has 0 radical (unpaired) electrons. The summed E-state index contributed by atoms with van der Waals surface area (Å²) in [6.45, 7) is 3.32. The molecule has 1 aromatic carbocycles. The Morgan fingerprint density at radius 1 is 1.44 bits per heavy atom. The van der Waals surface area contributed by atoms with Crippen molar-refractivity contribution >= 4 is 6.09 Å². The normalized spacial score (nSPS) is 27.9. The third kappa shape index (κ3) is 3.74. The molecule has 3 rings (SSSR count). The number of hydrogen-bond acceptors (Lipinski definition) is 4. The molecule has 5 heteroatoms. The number of carbonyl (C=O) groups excluding carboxylic acids is 1. The van der Waals surface area contributed by atoms with Crippen LogP contribution in [0.3, 0.4) is 0 Å². The molecule has 1 aliphatic heterocycles. The Balaban J connectivity index is 1.78. The third-order valence-electron chi connectivity index (χ3n) is 5.21. The zero-order valence-electron chi connectivity index (χ0n) is 14.8. The predicted molar refractivity (Wildman–Crippen MR) is 94.2 cm³/mol. The van der Waals surface area contributed by atoms with Gasteiger partial charge in [0.05, 0.1) is 13.7 Å². The molecule has 2 fully saturated rings. The summed E-state index contributed by atoms with van der Waals surface area (Å²) >= 11 is 0. The Kier molecular flexibility index (Phi) is 5.19. The van der Waals surface area contributed by atoms with E-state index < -0.39 is 5.60 Å². The number of rotatable bonds is 2. The van der Waals surface area contributed by atoms with Crippen molar-refractivity contribution in [1.29, 1.82) is 0 Å². The molecule has 0 bridgehead atoms. The molecule has 3 atom stereocenters. The smallest absolute Gasteiger partial charge is 0.409 e. The van der Waals surface area contributed by atoms with E-state index in [2.05, 4.69) is 11.8 Å². The van der Waals surface area contributed by atoms with Gasteiger partial charge in [0.2, 0.25) is 0 Å². The summed E-state index contributed by atoms with van der Waals surface area (Å²) in [7, 11) is 1.62. The molecule has 2 aliphatic rings. The zero-order valence-corrected chi connectivity index (χ0v) is 14.8. The van der Waals surface area contributed by atoms with Crippen LogP contribution in [-0.4, -0.2) is 48.5 Å². The van der Waals surface area contributed by atoms with Crippen molar-refractivity contribution in [1.82, 2.24) is 4.90 Å². The van der Waals surface area contributed by atoms with E-state index in [0.717, 1.165) is 24.2 Å². The fraction of sp³-hybridized carbons (Fsp3) is 0.550. The molecule has 2 unspecified atom stereocenters. The van der Waals surface area contributed by atoms with Crippen LogP contribution in [0.4, 0.5) is 4.79 Å². The first-order valence-electron chi connectivity index (χ1n) is 8.87. The first-order chi connectivity index (χ1) is 12.1. The molecule has 1 N–H and O–H groups in total. The number of nitrogens with zero attached hydrogens (tertiary/aromatic N) is 1. The Morgan fingerprint density at radius 2 is 2.28 bits per heavy atom. The van der Waals surface area contributed by atoms with Crippen LogP contribution in [0.1, 0.15) is 31.7 Å². The molecular formula is C20H25NO4. The number of ether oxygens (including phenoxy) is 2. The van der Waals surface area contributed by atoms with Gasteiger partial charge in [0.1, 0.15) is 11.4 Å². The lowest BCUT2D eigenvalue weighted by atomic mass is 9.71. The zero-order chi connectivity index (χ0) is 17.9. The lowest BCUT2D eigenvalue weighted by Gasteiger charge is -2.37. The Bertz CT molecular complexity index is 692. The Hall–Kier alpha value is -2.19. The van der Waals surface area contributed by atoms with E-state index in [-0.39, 0.29) is 17.9 Å². The van der Waals surface area contributed by atoms with Crippen LogP contribution in [0.15, 0.2) is 24.3 Å². The van der Waals surface area contributed by atoms with E-state index in [0.29, 0.717) is 26.1 Å². The molecule has 134 valence electrons. The van der Waals surface area contributed by atoms with Gasteiger partial charge < -0.3 is 19.5 Å².